The van der Waals surface area contributed by atoms with E-state index in [4.69, 9.17) is 4.74 Å². The second-order valence-electron chi connectivity index (χ2n) is 7.31. The van der Waals surface area contributed by atoms with Crippen molar-refractivity contribution in [2.24, 2.45) is 0 Å². The van der Waals surface area contributed by atoms with E-state index in [1.54, 1.807) is 54.6 Å². The van der Waals surface area contributed by atoms with Crippen molar-refractivity contribution >= 4 is 50.5 Å². The first-order valence-corrected chi connectivity index (χ1v) is 12.3. The molecule has 8 heteroatoms. The van der Waals surface area contributed by atoms with Gasteiger partial charge in [-0.2, -0.15) is 5.26 Å². The van der Waals surface area contributed by atoms with E-state index in [0.29, 0.717) is 33.8 Å². The number of halogens is 1. The third-order valence-electron chi connectivity index (χ3n) is 4.98. The van der Waals surface area contributed by atoms with Crippen molar-refractivity contribution in [1.82, 2.24) is 4.57 Å². The van der Waals surface area contributed by atoms with Gasteiger partial charge in [-0.3, -0.25) is 14.2 Å². The van der Waals surface area contributed by atoms with Crippen LogP contribution in [0.4, 0.5) is 5.69 Å². The monoisotopic (exact) mass is 545 g/mol. The van der Waals surface area contributed by atoms with Crippen LogP contribution in [0.1, 0.15) is 12.5 Å². The molecular weight excluding hydrogens is 526 g/mol. The first-order valence-electron chi connectivity index (χ1n) is 10.7. The Kier molecular flexibility index (Phi) is 7.60. The van der Waals surface area contributed by atoms with Crippen LogP contribution >= 0.6 is 27.3 Å². The Bertz CT molecular complexity index is 1590. The number of nitrogens with one attached hydrogen (secondary N) is 1. The summed E-state index contributed by atoms with van der Waals surface area (Å²) in [5.74, 6) is 0.0382. The topological polar surface area (TPSA) is 84.1 Å². The van der Waals surface area contributed by atoms with Crippen LogP contribution in [0.5, 0.6) is 5.75 Å². The standard InChI is InChI=1S/C27H20BrN3O3S/c1-2-34-23-14-13-19(28)15-18(23)16-24-26(33)31(21-11-7-4-8-12-21)27(35-24)22(17-29)25(32)30-20-9-5-3-6-10-20/h3-16H,2H2,1H3,(H,30,32). The van der Waals surface area contributed by atoms with Crippen LogP contribution in [0.25, 0.3) is 17.3 Å². The molecule has 0 aliphatic rings. The summed E-state index contributed by atoms with van der Waals surface area (Å²) < 4.78 is 8.56. The van der Waals surface area contributed by atoms with Gasteiger partial charge in [0, 0.05) is 15.7 Å². The molecule has 1 heterocycles. The average molecular weight is 546 g/mol. The lowest BCUT2D eigenvalue weighted by Crippen LogP contribution is -2.32. The van der Waals surface area contributed by atoms with Crippen molar-refractivity contribution in [2.75, 3.05) is 11.9 Å². The second kappa shape index (κ2) is 11.0. The second-order valence-corrected chi connectivity index (χ2v) is 9.26. The highest BCUT2D eigenvalue weighted by Gasteiger charge is 2.17. The number of hydrogen-bond donors (Lipinski definition) is 1. The minimum Gasteiger partial charge on any atom is -0.493 e. The fourth-order valence-corrected chi connectivity index (χ4v) is 4.90. The van der Waals surface area contributed by atoms with E-state index in [1.165, 1.54) is 4.57 Å². The number of rotatable bonds is 6. The van der Waals surface area contributed by atoms with Gasteiger partial charge < -0.3 is 10.1 Å². The van der Waals surface area contributed by atoms with Crippen molar-refractivity contribution in [3.8, 4) is 17.5 Å². The first kappa shape index (κ1) is 24.2. The number of aromatic nitrogens is 1. The molecule has 4 aromatic rings. The molecule has 0 saturated heterocycles. The summed E-state index contributed by atoms with van der Waals surface area (Å²) >= 11 is 4.55. The van der Waals surface area contributed by atoms with Gasteiger partial charge in [-0.15, -0.1) is 11.3 Å². The average Bonchev–Trinajstić information content (AvgIpc) is 3.18. The molecule has 0 unspecified atom stereocenters. The number of amides is 1. The highest BCUT2D eigenvalue weighted by molar-refractivity contribution is 9.10. The van der Waals surface area contributed by atoms with Crippen molar-refractivity contribution in [3.05, 3.63) is 108 Å². The largest absolute Gasteiger partial charge is 0.493 e. The Balaban J connectivity index is 1.98. The van der Waals surface area contributed by atoms with Crippen LogP contribution in [0.3, 0.4) is 0 Å². The van der Waals surface area contributed by atoms with Gasteiger partial charge in [0.15, 0.2) is 5.57 Å². The van der Waals surface area contributed by atoms with Crippen LogP contribution in [-0.2, 0) is 4.79 Å². The highest BCUT2D eigenvalue weighted by atomic mass is 79.9. The van der Waals surface area contributed by atoms with E-state index >= 15 is 0 Å². The van der Waals surface area contributed by atoms with Crippen LogP contribution < -0.4 is 24.8 Å². The van der Waals surface area contributed by atoms with E-state index in [2.05, 4.69) is 21.2 Å². The Morgan fingerprint density at radius 1 is 1.11 bits per heavy atom. The van der Waals surface area contributed by atoms with E-state index in [1.807, 2.05) is 43.3 Å². The summed E-state index contributed by atoms with van der Waals surface area (Å²) in [5.41, 5.74) is 1.33. The predicted octanol–water partition coefficient (Wildman–Crippen LogP) is 4.20. The maximum Gasteiger partial charge on any atom is 0.273 e. The molecule has 1 amide bonds. The van der Waals surface area contributed by atoms with Gasteiger partial charge in [-0.1, -0.05) is 52.3 Å². The molecule has 1 N–H and O–H groups in total. The molecule has 0 bridgehead atoms. The van der Waals surface area contributed by atoms with Gasteiger partial charge in [-0.25, -0.2) is 0 Å². The molecule has 35 heavy (non-hydrogen) atoms. The maximum absolute atomic E-state index is 13.6. The number of thiazole rings is 1. The molecule has 0 spiro atoms. The number of ether oxygens (including phenoxy) is 1. The van der Waals surface area contributed by atoms with Crippen molar-refractivity contribution < 1.29 is 9.53 Å². The molecule has 3 aromatic carbocycles. The molecule has 0 fully saturated rings. The molecule has 0 radical (unpaired) electrons. The molecule has 0 saturated carbocycles. The number of para-hydroxylation sites is 2. The molecule has 0 aliphatic carbocycles. The van der Waals surface area contributed by atoms with Gasteiger partial charge in [0.05, 0.1) is 16.8 Å². The van der Waals surface area contributed by atoms with E-state index in [-0.39, 0.29) is 15.8 Å². The minimum absolute atomic E-state index is 0.154. The zero-order valence-corrected chi connectivity index (χ0v) is 21.1. The predicted molar refractivity (Wildman–Crippen MR) is 142 cm³/mol. The van der Waals surface area contributed by atoms with Crippen LogP contribution in [0.15, 0.2) is 88.1 Å². The summed E-state index contributed by atoms with van der Waals surface area (Å²) in [7, 11) is 0. The Hall–Kier alpha value is -3.93. The smallest absolute Gasteiger partial charge is 0.273 e. The van der Waals surface area contributed by atoms with Crippen molar-refractivity contribution in [2.45, 2.75) is 6.92 Å². The third kappa shape index (κ3) is 5.43. The summed E-state index contributed by atoms with van der Waals surface area (Å²) in [6.07, 6.45) is 1.72. The lowest BCUT2D eigenvalue weighted by molar-refractivity contribution is -0.111. The van der Waals surface area contributed by atoms with Crippen LogP contribution in [-0.4, -0.2) is 17.1 Å². The number of hydrogen-bond acceptors (Lipinski definition) is 5. The number of anilines is 1. The Morgan fingerprint density at radius 2 is 1.80 bits per heavy atom. The third-order valence-corrected chi connectivity index (χ3v) is 6.57. The first-order chi connectivity index (χ1) is 17.0. The fraction of sp³-hybridized carbons (Fsp3) is 0.0741. The van der Waals surface area contributed by atoms with Gasteiger partial charge >= 0.3 is 0 Å². The molecule has 0 aliphatic heterocycles. The quantitative estimate of drug-likeness (QED) is 0.393. The van der Waals surface area contributed by atoms with Gasteiger partial charge in [-0.05, 0) is 55.5 Å². The maximum atomic E-state index is 13.6. The summed E-state index contributed by atoms with van der Waals surface area (Å²) in [6, 6.07) is 25.3. The van der Waals surface area contributed by atoms with Crippen LogP contribution in [0.2, 0.25) is 0 Å². The number of carbonyl (C=O) groups is 1. The normalized spacial score (nSPS) is 12.1. The van der Waals surface area contributed by atoms with Crippen molar-refractivity contribution in [3.63, 3.8) is 0 Å². The Labute approximate surface area is 214 Å². The fourth-order valence-electron chi connectivity index (χ4n) is 3.43. The molecule has 1 aromatic heterocycles. The molecule has 174 valence electrons. The zero-order valence-electron chi connectivity index (χ0n) is 18.7. The number of benzene rings is 3. The van der Waals surface area contributed by atoms with Crippen molar-refractivity contribution in [1.29, 1.82) is 5.26 Å². The number of nitrogens with zero attached hydrogens (tertiary/aromatic N) is 2. The molecule has 6 nitrogen and oxygen atoms in total. The lowest BCUT2D eigenvalue weighted by atomic mass is 10.2. The summed E-state index contributed by atoms with van der Waals surface area (Å²) in [4.78, 5) is 26.7. The number of carbonyl (C=O) groups excluding carboxylic acids is 1. The van der Waals surface area contributed by atoms with Gasteiger partial charge in [0.1, 0.15) is 16.5 Å². The van der Waals surface area contributed by atoms with E-state index in [0.717, 1.165) is 15.8 Å². The summed E-state index contributed by atoms with van der Waals surface area (Å²) in [6.45, 7) is 2.36. The van der Waals surface area contributed by atoms with Gasteiger partial charge in [0.2, 0.25) is 0 Å². The number of nitriles is 1. The zero-order chi connectivity index (χ0) is 24.8. The summed E-state index contributed by atoms with van der Waals surface area (Å²) in [5, 5.41) is 12.7. The molecule has 0 atom stereocenters. The molecule has 4 rings (SSSR count). The molecular formula is C27H20BrN3O3S. The highest BCUT2D eigenvalue weighted by Crippen LogP contribution is 2.24. The SMILES string of the molecule is CCOc1ccc(Br)cc1C=c1sc(=C(C#N)C(=O)Nc2ccccc2)n(-c2ccccc2)c1=O. The van der Waals surface area contributed by atoms with E-state index < -0.39 is 5.91 Å². The minimum atomic E-state index is -0.589. The van der Waals surface area contributed by atoms with Gasteiger partial charge in [0.25, 0.3) is 11.5 Å². The Morgan fingerprint density at radius 3 is 2.46 bits per heavy atom. The lowest BCUT2D eigenvalue weighted by Gasteiger charge is -2.06. The van der Waals surface area contributed by atoms with Crippen LogP contribution in [0, 0.1) is 11.3 Å². The van der Waals surface area contributed by atoms with E-state index in [9.17, 15) is 14.9 Å².